The molecule has 13 heavy (non-hydrogen) atoms. The van der Waals surface area contributed by atoms with Gasteiger partial charge in [0.25, 0.3) is 0 Å². The van der Waals surface area contributed by atoms with E-state index in [-0.39, 0.29) is 6.61 Å². The van der Waals surface area contributed by atoms with Crippen LogP contribution in [0.2, 0.25) is 0 Å². The predicted octanol–water partition coefficient (Wildman–Crippen LogP) is 0.888. The van der Waals surface area contributed by atoms with E-state index in [1.54, 1.807) is 0 Å². The van der Waals surface area contributed by atoms with Gasteiger partial charge in [-0.3, -0.25) is 0 Å². The molecule has 0 aliphatic rings. The number of likely N-dealkylation sites (N-methyl/N-ethyl adjacent to an activating group) is 1. The molecule has 82 valence electrons. The first-order valence-corrected chi connectivity index (χ1v) is 5.10. The van der Waals surface area contributed by atoms with E-state index in [4.69, 9.17) is 5.11 Å². The third-order valence-corrected chi connectivity index (χ3v) is 1.94. The van der Waals surface area contributed by atoms with Gasteiger partial charge in [0.05, 0.1) is 6.61 Å². The summed E-state index contributed by atoms with van der Waals surface area (Å²) >= 11 is 0. The highest BCUT2D eigenvalue weighted by molar-refractivity contribution is 4.47. The van der Waals surface area contributed by atoms with Crippen molar-refractivity contribution in [1.82, 2.24) is 9.80 Å². The summed E-state index contributed by atoms with van der Waals surface area (Å²) in [4.78, 5) is 4.31. The van der Waals surface area contributed by atoms with E-state index in [9.17, 15) is 0 Å². The lowest BCUT2D eigenvalue weighted by Crippen LogP contribution is -2.25. The van der Waals surface area contributed by atoms with Gasteiger partial charge in [-0.05, 0) is 33.7 Å². The monoisotopic (exact) mass is 190 g/mol. The molecule has 0 fully saturated rings. The molecule has 0 saturated heterocycles. The molecule has 0 aliphatic carbocycles. The quantitative estimate of drug-likeness (QED) is 0.697. The molecule has 0 spiro atoms. The van der Waals surface area contributed by atoms with Crippen molar-refractivity contribution in [3.63, 3.8) is 0 Å². The van der Waals surface area contributed by atoms with Gasteiger partial charge in [-0.1, -0.05) is 20.8 Å². The summed E-state index contributed by atoms with van der Waals surface area (Å²) < 4.78 is 0. The Morgan fingerprint density at radius 2 is 1.31 bits per heavy atom. The SMILES string of the molecule is CCN(C)C.CCN(CC)CCO. The number of aliphatic hydroxyl groups is 1. The molecule has 0 radical (unpaired) electrons. The molecule has 0 aromatic rings. The Balaban J connectivity index is 0. The van der Waals surface area contributed by atoms with Crippen molar-refractivity contribution in [3.8, 4) is 0 Å². The normalized spacial score (nSPS) is 10.2. The van der Waals surface area contributed by atoms with Crippen molar-refractivity contribution in [2.24, 2.45) is 0 Å². The fraction of sp³-hybridized carbons (Fsp3) is 1.00. The van der Waals surface area contributed by atoms with Gasteiger partial charge in [0.2, 0.25) is 0 Å². The van der Waals surface area contributed by atoms with E-state index in [0.29, 0.717) is 0 Å². The maximum absolute atomic E-state index is 8.46. The third kappa shape index (κ3) is 14.7. The Labute approximate surface area is 83.3 Å². The second-order valence-electron chi connectivity index (χ2n) is 3.15. The molecular formula is C10H26N2O. The third-order valence-electron chi connectivity index (χ3n) is 1.94. The molecule has 0 aromatic carbocycles. The summed E-state index contributed by atoms with van der Waals surface area (Å²) in [7, 11) is 4.11. The second-order valence-corrected chi connectivity index (χ2v) is 3.15. The van der Waals surface area contributed by atoms with Gasteiger partial charge in [0, 0.05) is 6.54 Å². The summed E-state index contributed by atoms with van der Waals surface area (Å²) in [6.45, 7) is 10.6. The van der Waals surface area contributed by atoms with Crippen LogP contribution in [0.4, 0.5) is 0 Å². The van der Waals surface area contributed by atoms with Gasteiger partial charge in [-0.15, -0.1) is 0 Å². The van der Waals surface area contributed by atoms with Gasteiger partial charge < -0.3 is 14.9 Å². The highest BCUT2D eigenvalue weighted by atomic mass is 16.3. The van der Waals surface area contributed by atoms with Crippen LogP contribution in [0.15, 0.2) is 0 Å². The zero-order chi connectivity index (χ0) is 10.7. The van der Waals surface area contributed by atoms with Crippen LogP contribution in [0.5, 0.6) is 0 Å². The summed E-state index contributed by atoms with van der Waals surface area (Å²) in [6, 6.07) is 0. The molecule has 0 aliphatic heterocycles. The van der Waals surface area contributed by atoms with E-state index in [1.165, 1.54) is 0 Å². The zero-order valence-corrected chi connectivity index (χ0v) is 9.88. The van der Waals surface area contributed by atoms with Crippen LogP contribution < -0.4 is 0 Å². The molecular weight excluding hydrogens is 164 g/mol. The van der Waals surface area contributed by atoms with Crippen molar-refractivity contribution >= 4 is 0 Å². The average molecular weight is 190 g/mol. The molecule has 0 unspecified atom stereocenters. The largest absolute Gasteiger partial charge is 0.395 e. The van der Waals surface area contributed by atoms with Crippen LogP contribution in [-0.2, 0) is 0 Å². The van der Waals surface area contributed by atoms with Crippen molar-refractivity contribution in [2.75, 3.05) is 46.9 Å². The van der Waals surface area contributed by atoms with Crippen molar-refractivity contribution in [1.29, 1.82) is 0 Å². The molecule has 0 amide bonds. The lowest BCUT2D eigenvalue weighted by Gasteiger charge is -2.15. The van der Waals surface area contributed by atoms with Crippen LogP contribution >= 0.6 is 0 Å². The van der Waals surface area contributed by atoms with E-state index < -0.39 is 0 Å². The fourth-order valence-electron chi connectivity index (χ4n) is 0.681. The van der Waals surface area contributed by atoms with Crippen LogP contribution in [0, 0.1) is 0 Å². The molecule has 0 heterocycles. The molecule has 3 heteroatoms. The van der Waals surface area contributed by atoms with Crippen molar-refractivity contribution < 1.29 is 5.11 Å². The first kappa shape index (κ1) is 15.4. The van der Waals surface area contributed by atoms with Crippen LogP contribution in [0.25, 0.3) is 0 Å². The van der Waals surface area contributed by atoms with E-state index in [0.717, 1.165) is 26.2 Å². The van der Waals surface area contributed by atoms with E-state index >= 15 is 0 Å². The summed E-state index contributed by atoms with van der Waals surface area (Å²) in [5.41, 5.74) is 0. The second kappa shape index (κ2) is 11.9. The van der Waals surface area contributed by atoms with Crippen LogP contribution in [0.3, 0.4) is 0 Å². The summed E-state index contributed by atoms with van der Waals surface area (Å²) in [5.74, 6) is 0. The topological polar surface area (TPSA) is 26.7 Å². The van der Waals surface area contributed by atoms with Crippen molar-refractivity contribution in [2.45, 2.75) is 20.8 Å². The van der Waals surface area contributed by atoms with Crippen molar-refractivity contribution in [3.05, 3.63) is 0 Å². The number of hydrogen-bond donors (Lipinski definition) is 1. The minimum atomic E-state index is 0.279. The Bertz CT molecular complexity index is 83.0. The molecule has 0 aromatic heterocycles. The molecule has 0 saturated carbocycles. The Kier molecular flexibility index (Phi) is 14.0. The lowest BCUT2D eigenvalue weighted by molar-refractivity contribution is 0.208. The zero-order valence-electron chi connectivity index (χ0n) is 9.88. The Hall–Kier alpha value is -0.120. The van der Waals surface area contributed by atoms with Gasteiger partial charge in [-0.25, -0.2) is 0 Å². The number of aliphatic hydroxyl groups excluding tert-OH is 1. The Morgan fingerprint density at radius 1 is 0.923 bits per heavy atom. The molecule has 0 bridgehead atoms. The van der Waals surface area contributed by atoms with Gasteiger partial charge in [0.15, 0.2) is 0 Å². The van der Waals surface area contributed by atoms with Crippen LogP contribution in [0.1, 0.15) is 20.8 Å². The highest BCUT2D eigenvalue weighted by Crippen LogP contribution is 1.82. The average Bonchev–Trinajstić information content (AvgIpc) is 2.15. The van der Waals surface area contributed by atoms with Gasteiger partial charge in [-0.2, -0.15) is 0 Å². The predicted molar refractivity (Wildman–Crippen MR) is 59.1 cm³/mol. The molecule has 0 atom stereocenters. The minimum Gasteiger partial charge on any atom is -0.395 e. The lowest BCUT2D eigenvalue weighted by atomic mass is 10.5. The first-order valence-electron chi connectivity index (χ1n) is 5.10. The molecule has 0 rings (SSSR count). The fourth-order valence-corrected chi connectivity index (χ4v) is 0.681. The maximum Gasteiger partial charge on any atom is 0.0558 e. The molecule has 3 nitrogen and oxygen atoms in total. The smallest absolute Gasteiger partial charge is 0.0558 e. The van der Waals surface area contributed by atoms with E-state index in [1.807, 2.05) is 0 Å². The summed E-state index contributed by atoms with van der Waals surface area (Å²) in [6.07, 6.45) is 0. The Morgan fingerprint density at radius 3 is 1.38 bits per heavy atom. The molecule has 1 N–H and O–H groups in total. The van der Waals surface area contributed by atoms with Crippen LogP contribution in [-0.4, -0.2) is 61.8 Å². The summed E-state index contributed by atoms with van der Waals surface area (Å²) in [5, 5.41) is 8.46. The first-order chi connectivity index (χ1) is 6.12. The standard InChI is InChI=1S/C6H15NO.C4H11N/c1-3-7(4-2)5-6-8;1-4-5(2)3/h8H,3-6H2,1-2H3;4H2,1-3H3. The van der Waals surface area contributed by atoms with Gasteiger partial charge in [0.1, 0.15) is 0 Å². The number of nitrogens with zero attached hydrogens (tertiary/aromatic N) is 2. The number of rotatable bonds is 5. The number of hydrogen-bond acceptors (Lipinski definition) is 3. The van der Waals surface area contributed by atoms with Gasteiger partial charge >= 0.3 is 0 Å². The van der Waals surface area contributed by atoms with E-state index in [2.05, 4.69) is 44.7 Å². The maximum atomic E-state index is 8.46. The highest BCUT2D eigenvalue weighted by Gasteiger charge is 1.93. The minimum absolute atomic E-state index is 0.279.